The van der Waals surface area contributed by atoms with Crippen molar-refractivity contribution in [3.05, 3.63) is 129 Å². The van der Waals surface area contributed by atoms with E-state index in [4.69, 9.17) is 0 Å². The number of fused-ring (bicyclic) bond motifs is 2. The molecular formula is C40H44Si. The first-order valence-electron chi connectivity index (χ1n) is 15.7. The third kappa shape index (κ3) is 4.89. The van der Waals surface area contributed by atoms with Crippen molar-refractivity contribution in [1.29, 1.82) is 0 Å². The second kappa shape index (κ2) is 11.1. The van der Waals surface area contributed by atoms with Gasteiger partial charge in [0.15, 0.2) is 0 Å². The zero-order valence-corrected chi connectivity index (χ0v) is 26.8. The number of hydrogen-bond acceptors (Lipinski definition) is 0. The van der Waals surface area contributed by atoms with Crippen LogP contribution in [0.25, 0.3) is 32.6 Å². The molecule has 41 heavy (non-hydrogen) atoms. The van der Waals surface area contributed by atoms with Gasteiger partial charge in [-0.1, -0.05) is 147 Å². The van der Waals surface area contributed by atoms with Crippen molar-refractivity contribution < 1.29 is 0 Å². The molecule has 0 nitrogen and oxygen atoms in total. The fraction of sp³-hybridized carbons (Fsp3) is 0.300. The molecule has 2 aliphatic rings. The minimum absolute atomic E-state index is 1.11. The van der Waals surface area contributed by atoms with Crippen LogP contribution in [0.15, 0.2) is 96.1 Å². The van der Waals surface area contributed by atoms with Crippen LogP contribution in [-0.4, -0.2) is 8.07 Å². The lowest BCUT2D eigenvalue weighted by Gasteiger charge is -2.33. The Labute approximate surface area is 248 Å². The maximum Gasteiger partial charge on any atom is 0.113 e. The van der Waals surface area contributed by atoms with Gasteiger partial charge >= 0.3 is 0 Å². The number of rotatable bonds is 8. The highest BCUT2D eigenvalue weighted by molar-refractivity contribution is 7.09. The van der Waals surface area contributed by atoms with Gasteiger partial charge in [-0.2, -0.15) is 0 Å². The topological polar surface area (TPSA) is 0 Å². The highest BCUT2D eigenvalue weighted by Gasteiger charge is 2.43. The predicted octanol–water partition coefficient (Wildman–Crippen LogP) is 11.3. The summed E-state index contributed by atoms with van der Waals surface area (Å²) in [5.74, 6) is 0. The van der Waals surface area contributed by atoms with E-state index in [2.05, 4.69) is 126 Å². The van der Waals surface area contributed by atoms with Crippen molar-refractivity contribution in [2.45, 2.75) is 79.3 Å². The minimum Gasteiger partial charge on any atom is -0.0655 e. The van der Waals surface area contributed by atoms with E-state index in [1.165, 1.54) is 70.2 Å². The monoisotopic (exact) mass is 552 g/mol. The fourth-order valence-electron chi connectivity index (χ4n) is 7.69. The van der Waals surface area contributed by atoms with E-state index >= 15 is 0 Å². The third-order valence-electron chi connectivity index (χ3n) is 9.39. The summed E-state index contributed by atoms with van der Waals surface area (Å²) >= 11 is 0. The summed E-state index contributed by atoms with van der Waals surface area (Å²) in [6.07, 6.45) is 6.99. The summed E-state index contributed by atoms with van der Waals surface area (Å²) in [5.41, 5.74) is 17.8. The van der Waals surface area contributed by atoms with E-state index in [1.54, 1.807) is 32.7 Å². The van der Waals surface area contributed by atoms with Gasteiger partial charge < -0.3 is 0 Å². The number of allylic oxidation sites excluding steroid dienone is 2. The van der Waals surface area contributed by atoms with E-state index in [9.17, 15) is 0 Å². The molecule has 0 saturated heterocycles. The summed E-state index contributed by atoms with van der Waals surface area (Å²) < 4.78 is 0. The molecule has 0 spiro atoms. The van der Waals surface area contributed by atoms with E-state index in [1.807, 2.05) is 0 Å². The summed E-state index contributed by atoms with van der Waals surface area (Å²) in [5, 5.41) is 3.45. The zero-order chi connectivity index (χ0) is 28.7. The molecule has 0 N–H and O–H groups in total. The predicted molar refractivity (Wildman–Crippen MR) is 182 cm³/mol. The molecule has 0 saturated carbocycles. The standard InChI is InChI=1S/C40H44Si/c1-7-11-33-25-31-13-9-15-35(29-21-17-27(3)18-22-29)37(31)39(33)41(5,6)40-34(12-8-2)26-32-14-10-16-36(38(32)40)30-23-19-28(4)20-24-30/h9-10,13-24H,7-8,11-12,25-26H2,1-6H3. The van der Waals surface area contributed by atoms with Gasteiger partial charge in [0.2, 0.25) is 0 Å². The summed E-state index contributed by atoms with van der Waals surface area (Å²) in [6.45, 7) is 14.4. The van der Waals surface area contributed by atoms with Crippen LogP contribution < -0.4 is 0 Å². The van der Waals surface area contributed by atoms with Crippen molar-refractivity contribution in [2.75, 3.05) is 0 Å². The van der Waals surface area contributed by atoms with Crippen LogP contribution in [0.1, 0.15) is 72.9 Å². The van der Waals surface area contributed by atoms with Crippen LogP contribution in [0, 0.1) is 13.8 Å². The Morgan fingerprint density at radius 1 is 0.537 bits per heavy atom. The van der Waals surface area contributed by atoms with Crippen LogP contribution in [0.5, 0.6) is 0 Å². The molecule has 0 aromatic heterocycles. The smallest absolute Gasteiger partial charge is 0.0655 e. The van der Waals surface area contributed by atoms with Gasteiger partial charge in [0.1, 0.15) is 8.07 Å². The lowest BCUT2D eigenvalue weighted by molar-refractivity contribution is 0.884. The maximum absolute atomic E-state index is 2.67. The SMILES string of the molecule is CCCC1=C([Si](C)(C)C2=C(CCC)Cc3cccc(-c4ccc(C)cc4)c32)c2c(cccc2-c2ccc(C)cc2)C1. The Balaban J connectivity index is 1.59. The normalized spacial score (nSPS) is 14.6. The van der Waals surface area contributed by atoms with Crippen molar-refractivity contribution in [3.8, 4) is 22.3 Å². The van der Waals surface area contributed by atoms with Crippen LogP contribution in [0.2, 0.25) is 13.1 Å². The molecule has 0 fully saturated rings. The van der Waals surface area contributed by atoms with Crippen molar-refractivity contribution in [3.63, 3.8) is 0 Å². The second-order valence-corrected chi connectivity index (χ2v) is 17.1. The minimum atomic E-state index is -2.13. The Morgan fingerprint density at radius 3 is 1.29 bits per heavy atom. The average molecular weight is 553 g/mol. The quantitative estimate of drug-likeness (QED) is 0.191. The van der Waals surface area contributed by atoms with Gasteiger partial charge in [-0.15, -0.1) is 0 Å². The zero-order valence-electron chi connectivity index (χ0n) is 25.8. The summed E-state index contributed by atoms with van der Waals surface area (Å²) in [4.78, 5) is 0. The maximum atomic E-state index is 2.67. The molecule has 0 bridgehead atoms. The van der Waals surface area contributed by atoms with Gasteiger partial charge in [-0.3, -0.25) is 0 Å². The molecule has 208 valence electrons. The Hall–Kier alpha value is -3.42. The van der Waals surface area contributed by atoms with E-state index < -0.39 is 8.07 Å². The van der Waals surface area contributed by atoms with Gasteiger partial charge in [0.05, 0.1) is 0 Å². The molecule has 6 rings (SSSR count). The Kier molecular flexibility index (Phi) is 7.51. The molecule has 0 heterocycles. The van der Waals surface area contributed by atoms with Gasteiger partial charge in [-0.05, 0) is 94.4 Å². The van der Waals surface area contributed by atoms with Crippen LogP contribution in [0.3, 0.4) is 0 Å². The molecule has 1 heteroatoms. The van der Waals surface area contributed by atoms with Crippen LogP contribution in [-0.2, 0) is 12.8 Å². The largest absolute Gasteiger partial charge is 0.113 e. The first-order valence-corrected chi connectivity index (χ1v) is 18.7. The van der Waals surface area contributed by atoms with E-state index in [0.29, 0.717) is 0 Å². The third-order valence-corrected chi connectivity index (χ3v) is 13.1. The highest BCUT2D eigenvalue weighted by Crippen LogP contribution is 2.53. The molecule has 4 aromatic carbocycles. The molecule has 2 aliphatic carbocycles. The Bertz CT molecular complexity index is 1530. The Morgan fingerprint density at radius 2 is 0.927 bits per heavy atom. The van der Waals surface area contributed by atoms with Gasteiger partial charge in [0, 0.05) is 0 Å². The van der Waals surface area contributed by atoms with E-state index in [0.717, 1.165) is 12.8 Å². The molecule has 0 radical (unpaired) electrons. The van der Waals surface area contributed by atoms with Crippen LogP contribution >= 0.6 is 0 Å². The molecule has 0 amide bonds. The lowest BCUT2D eigenvalue weighted by atomic mass is 9.96. The highest BCUT2D eigenvalue weighted by atomic mass is 28.3. The van der Waals surface area contributed by atoms with Crippen LogP contribution in [0.4, 0.5) is 0 Å². The molecule has 0 aliphatic heterocycles. The van der Waals surface area contributed by atoms with Crippen molar-refractivity contribution in [2.24, 2.45) is 0 Å². The lowest BCUT2D eigenvalue weighted by Crippen LogP contribution is -2.32. The molecular weight excluding hydrogens is 509 g/mol. The van der Waals surface area contributed by atoms with E-state index in [-0.39, 0.29) is 0 Å². The van der Waals surface area contributed by atoms with Gasteiger partial charge in [0.25, 0.3) is 0 Å². The number of aryl methyl sites for hydroxylation is 2. The fourth-order valence-corrected chi connectivity index (χ4v) is 12.0. The average Bonchev–Trinajstić information content (AvgIpc) is 3.53. The molecule has 0 atom stereocenters. The second-order valence-electron chi connectivity index (χ2n) is 12.8. The molecule has 0 unspecified atom stereocenters. The van der Waals surface area contributed by atoms with Crippen molar-refractivity contribution in [1.82, 2.24) is 0 Å². The summed E-state index contributed by atoms with van der Waals surface area (Å²) in [7, 11) is -2.13. The number of hydrogen-bond donors (Lipinski definition) is 0. The first kappa shape index (κ1) is 27.7. The first-order chi connectivity index (χ1) is 19.8. The van der Waals surface area contributed by atoms with Gasteiger partial charge in [-0.25, -0.2) is 0 Å². The number of benzene rings is 4. The van der Waals surface area contributed by atoms with Crippen molar-refractivity contribution >= 4 is 18.5 Å². The summed E-state index contributed by atoms with van der Waals surface area (Å²) in [6, 6.07) is 32.5. The molecule has 4 aromatic rings.